The molecule has 0 bridgehead atoms. The molecule has 2 aliphatic heterocycles. The smallest absolute Gasteiger partial charge is 0.245 e. The summed E-state index contributed by atoms with van der Waals surface area (Å²) >= 11 is 0. The molecule has 2 amide bonds. The third kappa shape index (κ3) is 3.33. The molecule has 24 heavy (non-hydrogen) atoms. The van der Waals surface area contributed by atoms with E-state index in [1.165, 1.54) is 11.1 Å². The van der Waals surface area contributed by atoms with E-state index in [4.69, 9.17) is 0 Å². The lowest BCUT2D eigenvalue weighted by atomic mass is 9.94. The number of nitrogens with zero attached hydrogens (tertiary/aromatic N) is 2. The Kier molecular flexibility index (Phi) is 5.22. The predicted octanol–water partition coefficient (Wildman–Crippen LogP) is 3.10. The summed E-state index contributed by atoms with van der Waals surface area (Å²) in [4.78, 5) is 29.0. The van der Waals surface area contributed by atoms with Gasteiger partial charge in [0, 0.05) is 32.0 Å². The van der Waals surface area contributed by atoms with Gasteiger partial charge in [-0.1, -0.05) is 31.2 Å². The maximum atomic E-state index is 13.0. The summed E-state index contributed by atoms with van der Waals surface area (Å²) in [5.74, 6) is 0.729. The fourth-order valence-electron chi connectivity index (χ4n) is 4.15. The molecule has 0 N–H and O–H groups in total. The summed E-state index contributed by atoms with van der Waals surface area (Å²) in [6.07, 6.45) is 4.18. The van der Waals surface area contributed by atoms with Crippen LogP contribution >= 0.6 is 0 Å². The SMILES string of the molecule is CCCC(=O)N1CCC[C@H]1C(=O)N1CC[C@H](c2ccccc2C)C1. The van der Waals surface area contributed by atoms with Gasteiger partial charge in [0.15, 0.2) is 0 Å². The fraction of sp³-hybridized carbons (Fsp3) is 0.600. The second kappa shape index (κ2) is 7.37. The lowest BCUT2D eigenvalue weighted by Gasteiger charge is -2.28. The topological polar surface area (TPSA) is 40.6 Å². The normalized spacial score (nSPS) is 23.8. The van der Waals surface area contributed by atoms with Crippen LogP contribution in [0.15, 0.2) is 24.3 Å². The summed E-state index contributed by atoms with van der Waals surface area (Å²) in [7, 11) is 0. The van der Waals surface area contributed by atoms with Crippen molar-refractivity contribution in [3.63, 3.8) is 0 Å². The highest BCUT2D eigenvalue weighted by molar-refractivity contribution is 5.88. The van der Waals surface area contributed by atoms with Gasteiger partial charge in [0.25, 0.3) is 0 Å². The standard InChI is InChI=1S/C20H28N2O2/c1-3-7-19(23)22-12-6-10-18(22)20(24)21-13-11-16(14-21)17-9-5-4-8-15(17)2/h4-5,8-9,16,18H,3,6-7,10-14H2,1-2H3/t16-,18-/m0/s1. The van der Waals surface area contributed by atoms with E-state index in [9.17, 15) is 9.59 Å². The largest absolute Gasteiger partial charge is 0.340 e. The van der Waals surface area contributed by atoms with Crippen molar-refractivity contribution in [2.24, 2.45) is 0 Å². The molecular formula is C20H28N2O2. The predicted molar refractivity (Wildman–Crippen MR) is 94.8 cm³/mol. The molecule has 2 aliphatic rings. The van der Waals surface area contributed by atoms with Crippen LogP contribution in [-0.2, 0) is 9.59 Å². The Hall–Kier alpha value is -1.84. The third-order valence-electron chi connectivity index (χ3n) is 5.45. The van der Waals surface area contributed by atoms with Gasteiger partial charge >= 0.3 is 0 Å². The number of hydrogen-bond acceptors (Lipinski definition) is 2. The highest BCUT2D eigenvalue weighted by Gasteiger charge is 2.38. The number of likely N-dealkylation sites (tertiary alicyclic amines) is 2. The number of carbonyl (C=O) groups is 2. The molecule has 2 heterocycles. The number of hydrogen-bond donors (Lipinski definition) is 0. The average Bonchev–Trinajstić information content (AvgIpc) is 3.24. The Morgan fingerprint density at radius 3 is 2.71 bits per heavy atom. The van der Waals surface area contributed by atoms with Gasteiger partial charge in [0.05, 0.1) is 0 Å². The van der Waals surface area contributed by atoms with E-state index >= 15 is 0 Å². The van der Waals surface area contributed by atoms with E-state index in [2.05, 4.69) is 31.2 Å². The molecule has 1 aromatic carbocycles. The first-order valence-electron chi connectivity index (χ1n) is 9.25. The van der Waals surface area contributed by atoms with Gasteiger partial charge in [-0.05, 0) is 43.7 Å². The van der Waals surface area contributed by atoms with Gasteiger partial charge in [0.2, 0.25) is 11.8 Å². The Morgan fingerprint density at radius 1 is 1.17 bits per heavy atom. The Bertz CT molecular complexity index is 613. The van der Waals surface area contributed by atoms with Crippen molar-refractivity contribution in [1.29, 1.82) is 0 Å². The van der Waals surface area contributed by atoms with Crippen LogP contribution in [0.4, 0.5) is 0 Å². The molecule has 0 spiro atoms. The average molecular weight is 328 g/mol. The van der Waals surface area contributed by atoms with Gasteiger partial charge in [-0.25, -0.2) is 0 Å². The van der Waals surface area contributed by atoms with Crippen molar-refractivity contribution in [3.05, 3.63) is 35.4 Å². The lowest BCUT2D eigenvalue weighted by molar-refractivity contribution is -0.143. The molecule has 0 aliphatic carbocycles. The van der Waals surface area contributed by atoms with Crippen LogP contribution in [0, 0.1) is 6.92 Å². The Labute approximate surface area is 144 Å². The number of amides is 2. The van der Waals surface area contributed by atoms with Crippen molar-refractivity contribution in [2.45, 2.75) is 57.9 Å². The first kappa shape index (κ1) is 17.0. The summed E-state index contributed by atoms with van der Waals surface area (Å²) < 4.78 is 0. The first-order valence-corrected chi connectivity index (χ1v) is 9.25. The van der Waals surface area contributed by atoms with E-state index in [1.807, 2.05) is 16.7 Å². The minimum Gasteiger partial charge on any atom is -0.340 e. The van der Waals surface area contributed by atoms with Crippen LogP contribution in [0.1, 0.15) is 56.1 Å². The molecule has 2 saturated heterocycles. The Balaban J connectivity index is 1.66. The summed E-state index contributed by atoms with van der Waals surface area (Å²) in [6.45, 7) is 6.49. The number of carbonyl (C=O) groups excluding carboxylic acids is 2. The van der Waals surface area contributed by atoms with Gasteiger partial charge in [-0.15, -0.1) is 0 Å². The van der Waals surface area contributed by atoms with Crippen molar-refractivity contribution < 1.29 is 9.59 Å². The molecular weight excluding hydrogens is 300 g/mol. The zero-order valence-corrected chi connectivity index (χ0v) is 14.8. The molecule has 0 radical (unpaired) electrons. The quantitative estimate of drug-likeness (QED) is 0.852. The lowest BCUT2D eigenvalue weighted by Crippen LogP contribution is -2.47. The van der Waals surface area contributed by atoms with Crippen LogP contribution in [0.3, 0.4) is 0 Å². The molecule has 0 saturated carbocycles. The monoisotopic (exact) mass is 328 g/mol. The van der Waals surface area contributed by atoms with Crippen molar-refractivity contribution in [1.82, 2.24) is 9.80 Å². The summed E-state index contributed by atoms with van der Waals surface area (Å²) in [6, 6.07) is 8.24. The highest BCUT2D eigenvalue weighted by Crippen LogP contribution is 2.31. The van der Waals surface area contributed by atoms with Crippen LogP contribution < -0.4 is 0 Å². The second-order valence-electron chi connectivity index (χ2n) is 7.12. The molecule has 3 rings (SSSR count). The summed E-state index contributed by atoms with van der Waals surface area (Å²) in [5, 5.41) is 0. The van der Waals surface area contributed by atoms with Crippen molar-refractivity contribution in [3.8, 4) is 0 Å². The van der Waals surface area contributed by atoms with Crippen LogP contribution in [0.5, 0.6) is 0 Å². The van der Waals surface area contributed by atoms with Crippen LogP contribution in [-0.4, -0.2) is 47.3 Å². The summed E-state index contributed by atoms with van der Waals surface area (Å²) in [5.41, 5.74) is 2.66. The number of aryl methyl sites for hydroxylation is 1. The third-order valence-corrected chi connectivity index (χ3v) is 5.45. The van der Waals surface area contributed by atoms with Crippen LogP contribution in [0.2, 0.25) is 0 Å². The van der Waals surface area contributed by atoms with Gasteiger partial charge in [-0.2, -0.15) is 0 Å². The van der Waals surface area contributed by atoms with Crippen molar-refractivity contribution >= 4 is 11.8 Å². The molecule has 4 heteroatoms. The second-order valence-corrected chi connectivity index (χ2v) is 7.12. The molecule has 2 atom stereocenters. The molecule has 4 nitrogen and oxygen atoms in total. The maximum Gasteiger partial charge on any atom is 0.245 e. The molecule has 1 aromatic rings. The first-order chi connectivity index (χ1) is 11.6. The van der Waals surface area contributed by atoms with Gasteiger partial charge < -0.3 is 9.80 Å². The van der Waals surface area contributed by atoms with E-state index in [0.29, 0.717) is 12.3 Å². The van der Waals surface area contributed by atoms with Crippen LogP contribution in [0.25, 0.3) is 0 Å². The zero-order valence-electron chi connectivity index (χ0n) is 14.8. The zero-order chi connectivity index (χ0) is 17.1. The highest BCUT2D eigenvalue weighted by atomic mass is 16.2. The van der Waals surface area contributed by atoms with E-state index in [0.717, 1.165) is 45.3 Å². The minimum atomic E-state index is -0.223. The van der Waals surface area contributed by atoms with E-state index in [1.54, 1.807) is 0 Å². The molecule has 0 unspecified atom stereocenters. The molecule has 2 fully saturated rings. The van der Waals surface area contributed by atoms with E-state index < -0.39 is 0 Å². The number of rotatable bonds is 4. The van der Waals surface area contributed by atoms with E-state index in [-0.39, 0.29) is 17.9 Å². The van der Waals surface area contributed by atoms with Gasteiger partial charge in [0.1, 0.15) is 6.04 Å². The minimum absolute atomic E-state index is 0.142. The fourth-order valence-corrected chi connectivity index (χ4v) is 4.15. The Morgan fingerprint density at radius 2 is 1.96 bits per heavy atom. The van der Waals surface area contributed by atoms with Gasteiger partial charge in [-0.3, -0.25) is 9.59 Å². The molecule has 0 aromatic heterocycles. The molecule has 130 valence electrons. The number of benzene rings is 1. The maximum absolute atomic E-state index is 13.0. The van der Waals surface area contributed by atoms with Crippen molar-refractivity contribution in [2.75, 3.05) is 19.6 Å².